The number of benzene rings is 1. The van der Waals surface area contributed by atoms with Crippen molar-refractivity contribution < 1.29 is 22.3 Å². The first kappa shape index (κ1) is 16.9. The summed E-state index contributed by atoms with van der Waals surface area (Å²) in [6, 6.07) is 2.59. The quantitative estimate of drug-likeness (QED) is 0.810. The molecule has 5 nitrogen and oxygen atoms in total. The molecule has 1 aromatic rings. The number of methoxy groups -OCH3 is 1. The molecule has 0 bridgehead atoms. The molecule has 122 valence electrons. The van der Waals surface area contributed by atoms with Gasteiger partial charge in [0.25, 0.3) is 0 Å². The Morgan fingerprint density at radius 2 is 2.05 bits per heavy atom. The van der Waals surface area contributed by atoms with Crippen molar-refractivity contribution in [3.05, 3.63) is 29.6 Å². The highest BCUT2D eigenvalue weighted by Crippen LogP contribution is 2.38. The van der Waals surface area contributed by atoms with E-state index in [4.69, 9.17) is 4.74 Å². The van der Waals surface area contributed by atoms with Gasteiger partial charge in [0.2, 0.25) is 10.0 Å². The topological polar surface area (TPSA) is 72.5 Å². The Bertz CT molecular complexity index is 670. The SMILES string of the molecule is COC(=O)C(NS(=O)(=O)c1ccc(F)c(C)c1)C(C)C1CC1. The van der Waals surface area contributed by atoms with Gasteiger partial charge in [0.1, 0.15) is 11.9 Å². The predicted molar refractivity (Wildman–Crippen MR) is 79.2 cm³/mol. The third-order valence-corrected chi connectivity index (χ3v) is 5.51. The van der Waals surface area contributed by atoms with Gasteiger partial charge in [0.15, 0.2) is 0 Å². The average Bonchev–Trinajstić information content (AvgIpc) is 3.30. The number of rotatable bonds is 6. The Balaban J connectivity index is 2.26. The van der Waals surface area contributed by atoms with E-state index < -0.39 is 27.9 Å². The number of sulfonamides is 1. The van der Waals surface area contributed by atoms with Crippen molar-refractivity contribution in [3.63, 3.8) is 0 Å². The summed E-state index contributed by atoms with van der Waals surface area (Å²) >= 11 is 0. The van der Waals surface area contributed by atoms with E-state index in [1.54, 1.807) is 0 Å². The van der Waals surface area contributed by atoms with Crippen LogP contribution in [-0.4, -0.2) is 27.5 Å². The average molecular weight is 329 g/mol. The molecule has 1 N–H and O–H groups in total. The van der Waals surface area contributed by atoms with E-state index >= 15 is 0 Å². The minimum Gasteiger partial charge on any atom is -0.468 e. The fraction of sp³-hybridized carbons (Fsp3) is 0.533. The maximum Gasteiger partial charge on any atom is 0.324 e. The summed E-state index contributed by atoms with van der Waals surface area (Å²) in [4.78, 5) is 11.8. The number of ether oxygens (including phenoxy) is 1. The molecule has 2 unspecified atom stereocenters. The molecule has 22 heavy (non-hydrogen) atoms. The Kier molecular flexibility index (Phi) is 4.87. The number of halogens is 1. The number of aryl methyl sites for hydroxylation is 1. The molecule has 2 atom stereocenters. The van der Waals surface area contributed by atoms with Gasteiger partial charge < -0.3 is 4.74 Å². The van der Waals surface area contributed by atoms with Gasteiger partial charge in [-0.05, 0) is 55.4 Å². The van der Waals surface area contributed by atoms with E-state index in [1.807, 2.05) is 6.92 Å². The van der Waals surface area contributed by atoms with Crippen molar-refractivity contribution in [2.45, 2.75) is 37.6 Å². The zero-order valence-electron chi connectivity index (χ0n) is 12.8. The number of nitrogens with one attached hydrogen (secondary N) is 1. The smallest absolute Gasteiger partial charge is 0.324 e. The third kappa shape index (κ3) is 3.64. The summed E-state index contributed by atoms with van der Waals surface area (Å²) in [6.45, 7) is 3.32. The number of hydrogen-bond donors (Lipinski definition) is 1. The largest absolute Gasteiger partial charge is 0.468 e. The van der Waals surface area contributed by atoms with Gasteiger partial charge in [-0.1, -0.05) is 6.92 Å². The molecule has 0 spiro atoms. The van der Waals surface area contributed by atoms with E-state index in [2.05, 4.69) is 4.72 Å². The van der Waals surface area contributed by atoms with Crippen LogP contribution in [0.15, 0.2) is 23.1 Å². The van der Waals surface area contributed by atoms with Crippen LogP contribution in [0.4, 0.5) is 4.39 Å². The normalized spacial score (nSPS) is 17.8. The summed E-state index contributed by atoms with van der Waals surface area (Å²) in [6.07, 6.45) is 1.96. The molecule has 1 aliphatic rings. The standard InChI is InChI=1S/C15H20FNO4S/c1-9-8-12(6-7-13(9)16)22(19,20)17-14(15(18)21-3)10(2)11-4-5-11/h6-8,10-11,14,17H,4-5H2,1-3H3. The van der Waals surface area contributed by atoms with Crippen molar-refractivity contribution in [2.75, 3.05) is 7.11 Å². The second-order valence-electron chi connectivity index (χ2n) is 5.73. The summed E-state index contributed by atoms with van der Waals surface area (Å²) in [7, 11) is -2.69. The van der Waals surface area contributed by atoms with Crippen LogP contribution in [0.1, 0.15) is 25.3 Å². The highest BCUT2D eigenvalue weighted by Gasteiger charge is 2.39. The minimum atomic E-state index is -3.92. The third-order valence-electron chi connectivity index (χ3n) is 4.07. The summed E-state index contributed by atoms with van der Waals surface area (Å²) in [5, 5.41) is 0. The molecular weight excluding hydrogens is 309 g/mol. The van der Waals surface area contributed by atoms with Gasteiger partial charge in [-0.25, -0.2) is 12.8 Å². The Hall–Kier alpha value is -1.47. The van der Waals surface area contributed by atoms with Gasteiger partial charge in [-0.3, -0.25) is 4.79 Å². The van der Waals surface area contributed by atoms with Gasteiger partial charge in [-0.2, -0.15) is 4.72 Å². The number of esters is 1. The highest BCUT2D eigenvalue weighted by atomic mass is 32.2. The first-order chi connectivity index (χ1) is 10.3. The molecule has 0 radical (unpaired) electrons. The zero-order chi connectivity index (χ0) is 16.5. The maximum absolute atomic E-state index is 13.3. The van der Waals surface area contributed by atoms with Crippen molar-refractivity contribution in [3.8, 4) is 0 Å². The summed E-state index contributed by atoms with van der Waals surface area (Å²) in [5.41, 5.74) is 0.229. The molecule has 1 saturated carbocycles. The Morgan fingerprint density at radius 1 is 1.41 bits per heavy atom. The molecular formula is C15H20FNO4S. The fourth-order valence-electron chi connectivity index (χ4n) is 2.41. The predicted octanol–water partition coefficient (Wildman–Crippen LogP) is 2.00. The maximum atomic E-state index is 13.3. The first-order valence-electron chi connectivity index (χ1n) is 7.12. The van der Waals surface area contributed by atoms with Gasteiger partial charge in [0.05, 0.1) is 12.0 Å². The molecule has 0 heterocycles. The highest BCUT2D eigenvalue weighted by molar-refractivity contribution is 7.89. The monoisotopic (exact) mass is 329 g/mol. The van der Waals surface area contributed by atoms with Crippen LogP contribution in [0.5, 0.6) is 0 Å². The second kappa shape index (κ2) is 6.34. The fourth-order valence-corrected chi connectivity index (χ4v) is 3.77. The van der Waals surface area contributed by atoms with Gasteiger partial charge >= 0.3 is 5.97 Å². The first-order valence-corrected chi connectivity index (χ1v) is 8.61. The lowest BCUT2D eigenvalue weighted by atomic mass is 9.98. The molecule has 0 aliphatic heterocycles. The molecule has 0 saturated heterocycles. The van der Waals surface area contributed by atoms with E-state index in [0.717, 1.165) is 18.9 Å². The number of carbonyl (C=O) groups is 1. The molecule has 1 aromatic carbocycles. The van der Waals surface area contributed by atoms with Crippen molar-refractivity contribution in [1.29, 1.82) is 0 Å². The zero-order valence-corrected chi connectivity index (χ0v) is 13.6. The second-order valence-corrected chi connectivity index (χ2v) is 7.44. The number of carbonyl (C=O) groups excluding carboxylic acids is 1. The molecule has 0 amide bonds. The van der Waals surface area contributed by atoms with Crippen LogP contribution in [0, 0.1) is 24.6 Å². The van der Waals surface area contributed by atoms with Crippen LogP contribution < -0.4 is 4.72 Å². The van der Waals surface area contributed by atoms with Gasteiger partial charge in [0, 0.05) is 0 Å². The van der Waals surface area contributed by atoms with Crippen LogP contribution in [0.25, 0.3) is 0 Å². The van der Waals surface area contributed by atoms with Crippen LogP contribution >= 0.6 is 0 Å². The lowest BCUT2D eigenvalue weighted by molar-refractivity contribution is -0.144. The Labute approximate surface area is 129 Å². The van der Waals surface area contributed by atoms with Gasteiger partial charge in [-0.15, -0.1) is 0 Å². The van der Waals surface area contributed by atoms with E-state index in [-0.39, 0.29) is 16.4 Å². The summed E-state index contributed by atoms with van der Waals surface area (Å²) in [5.74, 6) is -0.915. The molecule has 1 aliphatic carbocycles. The van der Waals surface area contributed by atoms with Crippen molar-refractivity contribution >= 4 is 16.0 Å². The van der Waals surface area contributed by atoms with Crippen molar-refractivity contribution in [1.82, 2.24) is 4.72 Å². The van der Waals surface area contributed by atoms with E-state index in [9.17, 15) is 17.6 Å². The molecule has 2 rings (SSSR count). The van der Waals surface area contributed by atoms with Crippen LogP contribution in [0.3, 0.4) is 0 Å². The Morgan fingerprint density at radius 3 is 2.55 bits per heavy atom. The van der Waals surface area contributed by atoms with Crippen LogP contribution in [0.2, 0.25) is 0 Å². The van der Waals surface area contributed by atoms with Crippen LogP contribution in [-0.2, 0) is 19.6 Å². The molecule has 7 heteroatoms. The molecule has 0 aromatic heterocycles. The lowest BCUT2D eigenvalue weighted by Gasteiger charge is -2.22. The number of hydrogen-bond acceptors (Lipinski definition) is 4. The van der Waals surface area contributed by atoms with Crippen molar-refractivity contribution in [2.24, 2.45) is 11.8 Å². The summed E-state index contributed by atoms with van der Waals surface area (Å²) < 4.78 is 45.3. The molecule has 1 fully saturated rings. The van der Waals surface area contributed by atoms with E-state index in [1.165, 1.54) is 26.2 Å². The lowest BCUT2D eigenvalue weighted by Crippen LogP contribution is -2.46. The minimum absolute atomic E-state index is 0.0664. The van der Waals surface area contributed by atoms with E-state index in [0.29, 0.717) is 5.92 Å².